The largest absolute Gasteiger partial charge is 0.454 e. The summed E-state index contributed by atoms with van der Waals surface area (Å²) < 4.78 is 16.4. The van der Waals surface area contributed by atoms with E-state index in [4.69, 9.17) is 14.2 Å². The first kappa shape index (κ1) is 17.7. The molecule has 2 aromatic rings. The number of ether oxygens (including phenoxy) is 3. The maximum Gasteiger partial charge on any atom is 0.410 e. The normalized spacial score (nSPS) is 17.3. The molecule has 0 fully saturated rings. The van der Waals surface area contributed by atoms with Crippen molar-refractivity contribution in [3.8, 4) is 11.5 Å². The molecule has 1 N–H and O–H groups in total. The Kier molecular flexibility index (Phi) is 4.65. The molecular formula is C19H17BrN2O5. The zero-order valence-electron chi connectivity index (χ0n) is 14.5. The van der Waals surface area contributed by atoms with Crippen molar-refractivity contribution in [3.05, 3.63) is 52.0 Å². The first-order valence-corrected chi connectivity index (χ1v) is 9.19. The van der Waals surface area contributed by atoms with Gasteiger partial charge in [0, 0.05) is 22.8 Å². The monoisotopic (exact) mass is 432 g/mol. The number of carbonyl (C=O) groups is 2. The van der Waals surface area contributed by atoms with E-state index in [0.717, 1.165) is 15.6 Å². The van der Waals surface area contributed by atoms with Gasteiger partial charge in [0.1, 0.15) is 6.04 Å². The molecule has 2 amide bonds. The number of halogens is 1. The van der Waals surface area contributed by atoms with E-state index >= 15 is 0 Å². The van der Waals surface area contributed by atoms with E-state index in [1.54, 1.807) is 18.2 Å². The SMILES string of the molecule is COC(=O)N1CCc2ccc(Br)cc2C1C(=O)Nc1ccc2c(c1)OCO2. The fourth-order valence-electron chi connectivity index (χ4n) is 3.37. The lowest BCUT2D eigenvalue weighted by Crippen LogP contribution is -2.45. The average Bonchev–Trinajstić information content (AvgIpc) is 3.14. The molecule has 1 unspecified atom stereocenters. The van der Waals surface area contributed by atoms with Gasteiger partial charge in [-0.15, -0.1) is 0 Å². The molecule has 0 bridgehead atoms. The molecule has 0 radical (unpaired) electrons. The van der Waals surface area contributed by atoms with Gasteiger partial charge in [-0.2, -0.15) is 0 Å². The molecule has 140 valence electrons. The van der Waals surface area contributed by atoms with Gasteiger partial charge in [0.15, 0.2) is 11.5 Å². The second kappa shape index (κ2) is 7.11. The first-order chi connectivity index (χ1) is 13.1. The maximum absolute atomic E-state index is 13.1. The quantitative estimate of drug-likeness (QED) is 0.785. The summed E-state index contributed by atoms with van der Waals surface area (Å²) >= 11 is 3.44. The standard InChI is InChI=1S/C19H17BrN2O5/c1-25-19(24)22-7-6-11-2-3-12(20)8-14(11)17(22)18(23)21-13-4-5-15-16(9-13)27-10-26-15/h2-5,8-9,17H,6-7,10H2,1H3,(H,21,23). The highest BCUT2D eigenvalue weighted by atomic mass is 79.9. The lowest BCUT2D eigenvalue weighted by molar-refractivity contribution is -0.121. The summed E-state index contributed by atoms with van der Waals surface area (Å²) in [6.07, 6.45) is 0.123. The lowest BCUT2D eigenvalue weighted by Gasteiger charge is -2.35. The molecule has 27 heavy (non-hydrogen) atoms. The fourth-order valence-corrected chi connectivity index (χ4v) is 3.75. The summed E-state index contributed by atoms with van der Waals surface area (Å²) in [5.74, 6) is 0.888. The molecule has 7 nitrogen and oxygen atoms in total. The minimum absolute atomic E-state index is 0.160. The van der Waals surface area contributed by atoms with Gasteiger partial charge in [0.25, 0.3) is 5.91 Å². The van der Waals surface area contributed by atoms with Gasteiger partial charge in [-0.3, -0.25) is 9.69 Å². The zero-order valence-corrected chi connectivity index (χ0v) is 16.1. The van der Waals surface area contributed by atoms with E-state index in [9.17, 15) is 9.59 Å². The molecule has 2 aliphatic rings. The molecule has 4 rings (SSSR count). The molecule has 0 saturated heterocycles. The van der Waals surface area contributed by atoms with E-state index in [2.05, 4.69) is 21.2 Å². The summed E-state index contributed by atoms with van der Waals surface area (Å²) in [6.45, 7) is 0.563. The number of nitrogens with one attached hydrogen (secondary N) is 1. The Morgan fingerprint density at radius 3 is 2.81 bits per heavy atom. The Morgan fingerprint density at radius 2 is 2.00 bits per heavy atom. The van der Waals surface area contributed by atoms with Crippen LogP contribution in [0.25, 0.3) is 0 Å². The summed E-state index contributed by atoms with van der Waals surface area (Å²) in [5, 5.41) is 2.87. The minimum atomic E-state index is -0.788. The highest BCUT2D eigenvalue weighted by Gasteiger charge is 2.37. The Balaban J connectivity index is 1.66. The lowest BCUT2D eigenvalue weighted by atomic mass is 9.92. The zero-order chi connectivity index (χ0) is 19.0. The molecule has 0 spiro atoms. The van der Waals surface area contributed by atoms with E-state index < -0.39 is 12.1 Å². The van der Waals surface area contributed by atoms with Crippen LogP contribution in [0.2, 0.25) is 0 Å². The summed E-state index contributed by atoms with van der Waals surface area (Å²) in [7, 11) is 1.31. The number of anilines is 1. The Morgan fingerprint density at radius 1 is 1.19 bits per heavy atom. The molecule has 0 saturated carbocycles. The van der Waals surface area contributed by atoms with Crippen molar-refractivity contribution in [2.45, 2.75) is 12.5 Å². The van der Waals surface area contributed by atoms with Crippen molar-refractivity contribution in [1.29, 1.82) is 0 Å². The highest BCUT2D eigenvalue weighted by molar-refractivity contribution is 9.10. The van der Waals surface area contributed by atoms with Crippen LogP contribution >= 0.6 is 15.9 Å². The number of nitrogens with zero attached hydrogens (tertiary/aromatic N) is 1. The van der Waals surface area contributed by atoms with Gasteiger partial charge in [0.05, 0.1) is 7.11 Å². The van der Waals surface area contributed by atoms with Crippen LogP contribution in [0.1, 0.15) is 17.2 Å². The molecule has 0 aromatic heterocycles. The van der Waals surface area contributed by atoms with E-state index in [-0.39, 0.29) is 12.7 Å². The minimum Gasteiger partial charge on any atom is -0.454 e. The fraction of sp³-hybridized carbons (Fsp3) is 0.263. The second-order valence-corrected chi connectivity index (χ2v) is 7.13. The number of carbonyl (C=O) groups excluding carboxylic acids is 2. The molecule has 2 aromatic carbocycles. The third kappa shape index (κ3) is 3.32. The van der Waals surface area contributed by atoms with Gasteiger partial charge in [-0.1, -0.05) is 22.0 Å². The van der Waals surface area contributed by atoms with Crippen molar-refractivity contribution < 1.29 is 23.8 Å². The van der Waals surface area contributed by atoms with Crippen LogP contribution in [0.5, 0.6) is 11.5 Å². The highest BCUT2D eigenvalue weighted by Crippen LogP contribution is 2.36. The van der Waals surface area contributed by atoms with Crippen LogP contribution in [-0.4, -0.2) is 37.3 Å². The van der Waals surface area contributed by atoms with Crippen LogP contribution in [0.4, 0.5) is 10.5 Å². The number of hydrogen-bond acceptors (Lipinski definition) is 5. The van der Waals surface area contributed by atoms with Crippen LogP contribution in [-0.2, 0) is 16.0 Å². The predicted octanol–water partition coefficient (Wildman–Crippen LogP) is 3.48. The molecule has 0 aliphatic carbocycles. The van der Waals surface area contributed by atoms with Crippen molar-refractivity contribution in [2.24, 2.45) is 0 Å². The van der Waals surface area contributed by atoms with Crippen LogP contribution < -0.4 is 14.8 Å². The van der Waals surface area contributed by atoms with Crippen LogP contribution in [0.3, 0.4) is 0 Å². The van der Waals surface area contributed by atoms with Crippen molar-refractivity contribution in [2.75, 3.05) is 25.8 Å². The number of methoxy groups -OCH3 is 1. The molecule has 2 aliphatic heterocycles. The van der Waals surface area contributed by atoms with E-state index in [0.29, 0.717) is 30.2 Å². The van der Waals surface area contributed by atoms with Crippen LogP contribution in [0, 0.1) is 0 Å². The van der Waals surface area contributed by atoms with Crippen molar-refractivity contribution in [3.63, 3.8) is 0 Å². The Labute approximate surface area is 164 Å². The molecule has 1 atom stereocenters. The van der Waals surface area contributed by atoms with Gasteiger partial charge in [-0.25, -0.2) is 4.79 Å². The Bertz CT molecular complexity index is 917. The van der Waals surface area contributed by atoms with Gasteiger partial charge >= 0.3 is 6.09 Å². The predicted molar refractivity (Wildman–Crippen MR) is 101 cm³/mol. The third-order valence-corrected chi connectivity index (χ3v) is 5.13. The summed E-state index contributed by atoms with van der Waals surface area (Å²) in [4.78, 5) is 26.8. The van der Waals surface area contributed by atoms with Gasteiger partial charge in [0.2, 0.25) is 6.79 Å². The molecule has 2 heterocycles. The summed E-state index contributed by atoms with van der Waals surface area (Å²) in [6, 6.07) is 10.2. The van der Waals surface area contributed by atoms with Gasteiger partial charge in [-0.05, 0) is 41.8 Å². The molecule has 8 heteroatoms. The van der Waals surface area contributed by atoms with Gasteiger partial charge < -0.3 is 19.5 Å². The first-order valence-electron chi connectivity index (χ1n) is 8.40. The third-order valence-electron chi connectivity index (χ3n) is 4.63. The maximum atomic E-state index is 13.1. The van der Waals surface area contributed by atoms with Crippen molar-refractivity contribution in [1.82, 2.24) is 4.90 Å². The smallest absolute Gasteiger partial charge is 0.410 e. The number of hydrogen-bond donors (Lipinski definition) is 1. The number of rotatable bonds is 2. The number of fused-ring (bicyclic) bond motifs is 2. The molecular weight excluding hydrogens is 416 g/mol. The topological polar surface area (TPSA) is 77.1 Å². The Hall–Kier alpha value is -2.74. The number of amides is 2. The average molecular weight is 433 g/mol. The van der Waals surface area contributed by atoms with E-state index in [1.807, 2.05) is 18.2 Å². The van der Waals surface area contributed by atoms with Crippen molar-refractivity contribution >= 4 is 33.6 Å². The summed E-state index contributed by atoms with van der Waals surface area (Å²) in [5.41, 5.74) is 2.37. The number of benzene rings is 2. The van der Waals surface area contributed by atoms with Crippen LogP contribution in [0.15, 0.2) is 40.9 Å². The van der Waals surface area contributed by atoms with E-state index in [1.165, 1.54) is 12.0 Å². The second-order valence-electron chi connectivity index (χ2n) is 6.22.